The number of anilines is 1. The van der Waals surface area contributed by atoms with Gasteiger partial charge in [0.05, 0.1) is 16.8 Å². The lowest BCUT2D eigenvalue weighted by Gasteiger charge is -2.08. The molecule has 2 heterocycles. The summed E-state index contributed by atoms with van der Waals surface area (Å²) >= 11 is 12.4. The molecular formula is C22H18Cl2N2O2. The Balaban J connectivity index is 0.00000109. The molecule has 0 saturated carbocycles. The normalized spacial score (nSPS) is 10.3. The summed E-state index contributed by atoms with van der Waals surface area (Å²) in [5, 5.41) is 4.67. The zero-order valence-electron chi connectivity index (χ0n) is 15.4. The lowest BCUT2D eigenvalue weighted by molar-refractivity contribution is 0.102. The minimum atomic E-state index is -0.314. The van der Waals surface area contributed by atoms with Gasteiger partial charge in [-0.25, -0.2) is 4.98 Å². The first-order valence-corrected chi connectivity index (χ1v) is 9.56. The van der Waals surface area contributed by atoms with Crippen LogP contribution in [0.1, 0.15) is 24.2 Å². The zero-order chi connectivity index (χ0) is 20.1. The summed E-state index contributed by atoms with van der Waals surface area (Å²) < 4.78 is 5.42. The lowest BCUT2D eigenvalue weighted by Crippen LogP contribution is -2.13. The van der Waals surface area contributed by atoms with Gasteiger partial charge < -0.3 is 9.73 Å². The van der Waals surface area contributed by atoms with Crippen LogP contribution in [-0.4, -0.2) is 10.9 Å². The summed E-state index contributed by atoms with van der Waals surface area (Å²) in [5.74, 6) is 0.111. The molecule has 1 N–H and O–H groups in total. The fourth-order valence-electron chi connectivity index (χ4n) is 2.66. The fraction of sp³-hybridized carbons (Fsp3) is 0.0909. The topological polar surface area (TPSA) is 55.1 Å². The van der Waals surface area contributed by atoms with Crippen molar-refractivity contribution in [3.8, 4) is 11.1 Å². The number of amides is 1. The molecule has 0 aliphatic rings. The van der Waals surface area contributed by atoms with Gasteiger partial charge in [0.2, 0.25) is 0 Å². The van der Waals surface area contributed by atoms with E-state index >= 15 is 0 Å². The SMILES string of the molecule is CC.O=C(Nc1ccc(-c2cc3occc3cc2Cl)cn1)c1ccccc1Cl. The van der Waals surface area contributed by atoms with E-state index in [9.17, 15) is 4.79 Å². The quantitative estimate of drug-likeness (QED) is 0.390. The van der Waals surface area contributed by atoms with E-state index in [1.165, 1.54) is 0 Å². The van der Waals surface area contributed by atoms with Gasteiger partial charge in [0, 0.05) is 27.7 Å². The number of nitrogens with zero attached hydrogens (tertiary/aromatic N) is 1. The Kier molecular flexibility index (Phi) is 6.34. The average Bonchev–Trinajstić information content (AvgIpc) is 3.17. The molecule has 0 aliphatic heterocycles. The van der Waals surface area contributed by atoms with Crippen molar-refractivity contribution < 1.29 is 9.21 Å². The molecule has 142 valence electrons. The second-order valence-corrected chi connectivity index (χ2v) is 6.47. The number of hydrogen-bond donors (Lipinski definition) is 1. The Hall–Kier alpha value is -2.82. The van der Waals surface area contributed by atoms with Gasteiger partial charge in [0.15, 0.2) is 0 Å². The predicted molar refractivity (Wildman–Crippen MR) is 115 cm³/mol. The smallest absolute Gasteiger partial charge is 0.258 e. The van der Waals surface area contributed by atoms with Crippen LogP contribution in [0.2, 0.25) is 10.0 Å². The van der Waals surface area contributed by atoms with E-state index in [0.717, 1.165) is 22.1 Å². The Morgan fingerprint density at radius 3 is 2.50 bits per heavy atom. The van der Waals surface area contributed by atoms with Crippen LogP contribution in [0.5, 0.6) is 0 Å². The maximum absolute atomic E-state index is 12.3. The molecular weight excluding hydrogens is 395 g/mol. The van der Waals surface area contributed by atoms with Crippen molar-refractivity contribution in [3.63, 3.8) is 0 Å². The molecule has 28 heavy (non-hydrogen) atoms. The molecule has 1 amide bonds. The van der Waals surface area contributed by atoms with Crippen molar-refractivity contribution in [2.24, 2.45) is 0 Å². The monoisotopic (exact) mass is 412 g/mol. The minimum absolute atomic E-state index is 0.314. The van der Waals surface area contributed by atoms with Crippen LogP contribution in [0.15, 0.2) is 71.5 Å². The molecule has 0 unspecified atom stereocenters. The Labute approximate surface area is 173 Å². The van der Waals surface area contributed by atoms with E-state index < -0.39 is 0 Å². The summed E-state index contributed by atoms with van der Waals surface area (Å²) in [6, 6.07) is 16.0. The summed E-state index contributed by atoms with van der Waals surface area (Å²) in [6.45, 7) is 4.00. The fourth-order valence-corrected chi connectivity index (χ4v) is 3.16. The highest BCUT2D eigenvalue weighted by atomic mass is 35.5. The van der Waals surface area contributed by atoms with Crippen molar-refractivity contribution >= 4 is 45.9 Å². The van der Waals surface area contributed by atoms with Gasteiger partial charge in [-0.1, -0.05) is 49.2 Å². The van der Waals surface area contributed by atoms with Crippen molar-refractivity contribution in [2.75, 3.05) is 5.32 Å². The van der Waals surface area contributed by atoms with Crippen molar-refractivity contribution in [1.29, 1.82) is 0 Å². The Morgan fingerprint density at radius 2 is 1.79 bits per heavy atom. The van der Waals surface area contributed by atoms with Gasteiger partial charge >= 0.3 is 0 Å². The highest BCUT2D eigenvalue weighted by Gasteiger charge is 2.12. The van der Waals surface area contributed by atoms with Gasteiger partial charge in [-0.15, -0.1) is 0 Å². The van der Waals surface area contributed by atoms with Crippen LogP contribution in [0.3, 0.4) is 0 Å². The van der Waals surface area contributed by atoms with Crippen LogP contribution in [0, 0.1) is 0 Å². The van der Waals surface area contributed by atoms with Crippen molar-refractivity contribution in [3.05, 3.63) is 82.7 Å². The number of carbonyl (C=O) groups excluding carboxylic acids is 1. The van der Waals surface area contributed by atoms with Crippen LogP contribution in [0.4, 0.5) is 5.82 Å². The highest BCUT2D eigenvalue weighted by molar-refractivity contribution is 6.34. The van der Waals surface area contributed by atoms with E-state index in [1.54, 1.807) is 42.8 Å². The molecule has 0 atom stereocenters. The second kappa shape index (κ2) is 8.91. The molecule has 0 fully saturated rings. The maximum atomic E-state index is 12.3. The molecule has 0 aliphatic carbocycles. The maximum Gasteiger partial charge on any atom is 0.258 e. The number of pyridine rings is 1. The number of rotatable bonds is 3. The molecule has 0 saturated heterocycles. The number of hydrogen-bond acceptors (Lipinski definition) is 3. The van der Waals surface area contributed by atoms with Gasteiger partial charge in [0.1, 0.15) is 11.4 Å². The summed E-state index contributed by atoms with van der Waals surface area (Å²) in [4.78, 5) is 16.6. The second-order valence-electron chi connectivity index (χ2n) is 5.66. The highest BCUT2D eigenvalue weighted by Crippen LogP contribution is 2.32. The molecule has 6 heteroatoms. The van der Waals surface area contributed by atoms with Crippen LogP contribution in [-0.2, 0) is 0 Å². The number of halogens is 2. The standard InChI is InChI=1S/C20H12Cl2N2O2.C2H6/c21-16-4-2-1-3-14(16)20(25)24-19-6-5-13(11-23-19)15-10-18-12(7-8-26-18)9-17(15)22;1-2/h1-11H,(H,23,24,25);1-2H3. The third-order valence-electron chi connectivity index (χ3n) is 3.98. The van der Waals surface area contributed by atoms with Gasteiger partial charge in [0.25, 0.3) is 5.91 Å². The molecule has 0 bridgehead atoms. The number of aromatic nitrogens is 1. The number of fused-ring (bicyclic) bond motifs is 1. The van der Waals surface area contributed by atoms with Crippen LogP contribution < -0.4 is 5.32 Å². The number of benzene rings is 2. The van der Waals surface area contributed by atoms with Crippen LogP contribution >= 0.6 is 23.2 Å². The van der Waals surface area contributed by atoms with Gasteiger partial charge in [-0.05, 0) is 42.5 Å². The first-order chi connectivity index (χ1) is 13.6. The molecule has 4 nitrogen and oxygen atoms in total. The van der Waals surface area contributed by atoms with Crippen molar-refractivity contribution in [2.45, 2.75) is 13.8 Å². The Bertz CT molecular complexity index is 1110. The van der Waals surface area contributed by atoms with E-state index in [0.29, 0.717) is 21.4 Å². The van der Waals surface area contributed by atoms with E-state index in [4.69, 9.17) is 27.6 Å². The zero-order valence-corrected chi connectivity index (χ0v) is 16.9. The largest absolute Gasteiger partial charge is 0.464 e. The predicted octanol–water partition coefficient (Wildman–Crippen LogP) is 7.08. The molecule has 0 spiro atoms. The summed E-state index contributed by atoms with van der Waals surface area (Å²) in [5.41, 5.74) is 2.78. The molecule has 0 radical (unpaired) electrons. The van der Waals surface area contributed by atoms with Crippen LogP contribution in [0.25, 0.3) is 22.1 Å². The van der Waals surface area contributed by atoms with E-state index in [-0.39, 0.29) is 5.91 Å². The third-order valence-corrected chi connectivity index (χ3v) is 4.62. The molecule has 2 aromatic heterocycles. The first kappa shape index (κ1) is 19.9. The molecule has 4 aromatic rings. The molecule has 2 aromatic carbocycles. The average molecular weight is 413 g/mol. The summed E-state index contributed by atoms with van der Waals surface area (Å²) in [6.07, 6.45) is 3.27. The molecule has 4 rings (SSSR count). The van der Waals surface area contributed by atoms with Gasteiger partial charge in [-0.3, -0.25) is 4.79 Å². The number of furan rings is 1. The lowest BCUT2D eigenvalue weighted by atomic mass is 10.1. The van der Waals surface area contributed by atoms with E-state index in [2.05, 4.69) is 10.3 Å². The minimum Gasteiger partial charge on any atom is -0.464 e. The van der Waals surface area contributed by atoms with Crippen molar-refractivity contribution in [1.82, 2.24) is 4.98 Å². The summed E-state index contributed by atoms with van der Waals surface area (Å²) in [7, 11) is 0. The first-order valence-electron chi connectivity index (χ1n) is 8.81. The third kappa shape index (κ3) is 4.19. The Morgan fingerprint density at radius 1 is 1.00 bits per heavy atom. The number of carbonyl (C=O) groups is 1. The number of nitrogens with one attached hydrogen (secondary N) is 1. The van der Waals surface area contributed by atoms with Gasteiger partial charge in [-0.2, -0.15) is 0 Å². The van der Waals surface area contributed by atoms with E-state index in [1.807, 2.05) is 38.1 Å².